The molecule has 1 unspecified atom stereocenters. The molecule has 0 aliphatic heterocycles. The Morgan fingerprint density at radius 3 is 2.83 bits per heavy atom. The topological polar surface area (TPSA) is 21.3 Å². The predicted molar refractivity (Wildman–Crippen MR) is 78.6 cm³/mol. The van der Waals surface area contributed by atoms with Gasteiger partial charge in [-0.05, 0) is 38.3 Å². The van der Waals surface area contributed by atoms with E-state index < -0.39 is 0 Å². The minimum absolute atomic E-state index is 0.613. The molecule has 0 saturated carbocycles. The van der Waals surface area contributed by atoms with Crippen LogP contribution in [-0.2, 0) is 6.54 Å². The van der Waals surface area contributed by atoms with Gasteiger partial charge in [-0.2, -0.15) is 0 Å². The lowest BCUT2D eigenvalue weighted by atomic mass is 10.1. The molecular weight excluding hydrogens is 246 g/mol. The normalized spacial score (nSPS) is 12.4. The van der Waals surface area contributed by atoms with Gasteiger partial charge in [-0.25, -0.2) is 0 Å². The fourth-order valence-electron chi connectivity index (χ4n) is 1.92. The van der Waals surface area contributed by atoms with E-state index in [-0.39, 0.29) is 0 Å². The number of hydrogen-bond acceptors (Lipinski definition) is 2. The molecule has 18 heavy (non-hydrogen) atoms. The molecule has 102 valence electrons. The van der Waals surface area contributed by atoms with Crippen LogP contribution in [0.15, 0.2) is 18.2 Å². The summed E-state index contributed by atoms with van der Waals surface area (Å²) in [4.78, 5) is 0. The van der Waals surface area contributed by atoms with E-state index >= 15 is 0 Å². The average molecular weight is 270 g/mol. The maximum absolute atomic E-state index is 5.78. The first-order valence-corrected chi connectivity index (χ1v) is 7.11. The Morgan fingerprint density at radius 1 is 1.39 bits per heavy atom. The summed E-state index contributed by atoms with van der Waals surface area (Å²) in [5.41, 5.74) is 2.49. The number of ether oxygens (including phenoxy) is 1. The van der Waals surface area contributed by atoms with Crippen LogP contribution in [0.2, 0.25) is 0 Å². The number of rotatable bonds is 8. The molecule has 1 N–H and O–H groups in total. The molecule has 1 atom stereocenters. The third-order valence-electron chi connectivity index (χ3n) is 3.07. The van der Waals surface area contributed by atoms with Gasteiger partial charge in [0.2, 0.25) is 0 Å². The molecule has 0 fully saturated rings. The van der Waals surface area contributed by atoms with Crippen molar-refractivity contribution < 1.29 is 4.74 Å². The fourth-order valence-corrected chi connectivity index (χ4v) is 2.08. The van der Waals surface area contributed by atoms with Crippen molar-refractivity contribution in [1.82, 2.24) is 5.32 Å². The maximum Gasteiger partial charge on any atom is 0.123 e. The molecule has 0 aliphatic carbocycles. The third kappa shape index (κ3) is 5.28. The summed E-state index contributed by atoms with van der Waals surface area (Å²) in [6, 6.07) is 6.28. The molecule has 3 heteroatoms. The Hall–Kier alpha value is -0.730. The van der Waals surface area contributed by atoms with E-state index in [1.54, 1.807) is 7.11 Å². The van der Waals surface area contributed by atoms with Gasteiger partial charge in [-0.15, -0.1) is 11.6 Å². The Balaban J connectivity index is 2.32. The number of halogens is 1. The maximum atomic E-state index is 5.78. The second kappa shape index (κ2) is 8.39. The van der Waals surface area contributed by atoms with Crippen molar-refractivity contribution in [2.24, 2.45) is 5.92 Å². The first kappa shape index (κ1) is 15.3. The summed E-state index contributed by atoms with van der Waals surface area (Å²) >= 11 is 5.78. The van der Waals surface area contributed by atoms with Crippen LogP contribution in [0, 0.1) is 12.8 Å². The summed E-state index contributed by atoms with van der Waals surface area (Å²) < 4.78 is 5.36. The summed E-state index contributed by atoms with van der Waals surface area (Å²) in [6.07, 6.45) is 2.35. The van der Waals surface area contributed by atoms with Crippen molar-refractivity contribution in [3.05, 3.63) is 29.3 Å². The Kier molecular flexibility index (Phi) is 7.14. The minimum atomic E-state index is 0.613. The SMILES string of the molecule is COc1ccc(C)cc1CNCCCC(C)CCl. The lowest BCUT2D eigenvalue weighted by molar-refractivity contribution is 0.407. The molecule has 1 aromatic rings. The van der Waals surface area contributed by atoms with Crippen LogP contribution in [0.4, 0.5) is 0 Å². The summed E-state index contributed by atoms with van der Waals surface area (Å²) in [5, 5.41) is 3.46. The molecule has 0 heterocycles. The third-order valence-corrected chi connectivity index (χ3v) is 3.59. The minimum Gasteiger partial charge on any atom is -0.496 e. The number of hydrogen-bond donors (Lipinski definition) is 1. The van der Waals surface area contributed by atoms with E-state index in [0.717, 1.165) is 24.7 Å². The zero-order chi connectivity index (χ0) is 13.4. The zero-order valence-corrected chi connectivity index (χ0v) is 12.4. The Labute approximate surface area is 116 Å². The molecule has 0 bridgehead atoms. The van der Waals surface area contributed by atoms with Crippen molar-refractivity contribution in [3.63, 3.8) is 0 Å². The molecule has 1 rings (SSSR count). The van der Waals surface area contributed by atoms with Crippen molar-refractivity contribution in [1.29, 1.82) is 0 Å². The molecule has 0 spiro atoms. The number of methoxy groups -OCH3 is 1. The lowest BCUT2D eigenvalue weighted by Gasteiger charge is -2.11. The number of aryl methyl sites for hydroxylation is 1. The second-order valence-corrected chi connectivity index (χ2v) is 5.20. The lowest BCUT2D eigenvalue weighted by Crippen LogP contribution is -2.16. The van der Waals surface area contributed by atoms with Gasteiger partial charge in [0, 0.05) is 18.0 Å². The van der Waals surface area contributed by atoms with E-state index in [0.29, 0.717) is 5.92 Å². The smallest absolute Gasteiger partial charge is 0.123 e. The molecular formula is C15H24ClNO. The van der Waals surface area contributed by atoms with Crippen molar-refractivity contribution >= 4 is 11.6 Å². The second-order valence-electron chi connectivity index (χ2n) is 4.89. The number of alkyl halides is 1. The molecule has 2 nitrogen and oxygen atoms in total. The van der Waals surface area contributed by atoms with Gasteiger partial charge in [0.1, 0.15) is 5.75 Å². The van der Waals surface area contributed by atoms with Gasteiger partial charge in [0.25, 0.3) is 0 Å². The molecule has 0 aliphatic rings. The highest BCUT2D eigenvalue weighted by Gasteiger charge is 2.03. The van der Waals surface area contributed by atoms with Crippen LogP contribution in [0.5, 0.6) is 5.75 Å². The van der Waals surface area contributed by atoms with Crippen LogP contribution in [0.3, 0.4) is 0 Å². The van der Waals surface area contributed by atoms with E-state index in [9.17, 15) is 0 Å². The largest absolute Gasteiger partial charge is 0.496 e. The van der Waals surface area contributed by atoms with Gasteiger partial charge in [-0.1, -0.05) is 24.6 Å². The molecule has 0 saturated heterocycles. The number of nitrogens with one attached hydrogen (secondary N) is 1. The monoisotopic (exact) mass is 269 g/mol. The van der Waals surface area contributed by atoms with Crippen molar-refractivity contribution in [2.75, 3.05) is 19.5 Å². The molecule has 0 amide bonds. The Morgan fingerprint density at radius 2 is 2.17 bits per heavy atom. The quantitative estimate of drug-likeness (QED) is 0.573. The van der Waals surface area contributed by atoms with Crippen LogP contribution < -0.4 is 10.1 Å². The first-order chi connectivity index (χ1) is 8.67. The zero-order valence-electron chi connectivity index (χ0n) is 11.6. The highest BCUT2D eigenvalue weighted by molar-refractivity contribution is 6.18. The van der Waals surface area contributed by atoms with E-state index in [1.165, 1.54) is 24.0 Å². The summed E-state index contributed by atoms with van der Waals surface area (Å²) in [6.45, 7) is 6.18. The van der Waals surface area contributed by atoms with Crippen LogP contribution in [0.1, 0.15) is 30.9 Å². The van der Waals surface area contributed by atoms with Gasteiger partial charge in [-0.3, -0.25) is 0 Å². The summed E-state index contributed by atoms with van der Waals surface area (Å²) in [7, 11) is 1.72. The average Bonchev–Trinajstić information content (AvgIpc) is 2.38. The van der Waals surface area contributed by atoms with Gasteiger partial charge in [0.05, 0.1) is 7.11 Å². The number of benzene rings is 1. The highest BCUT2D eigenvalue weighted by atomic mass is 35.5. The van der Waals surface area contributed by atoms with Crippen molar-refractivity contribution in [3.8, 4) is 5.75 Å². The Bertz CT molecular complexity index is 354. The van der Waals surface area contributed by atoms with E-state index in [4.69, 9.17) is 16.3 Å². The fraction of sp³-hybridized carbons (Fsp3) is 0.600. The van der Waals surface area contributed by atoms with Gasteiger partial charge < -0.3 is 10.1 Å². The van der Waals surface area contributed by atoms with Crippen LogP contribution in [-0.4, -0.2) is 19.5 Å². The highest BCUT2D eigenvalue weighted by Crippen LogP contribution is 2.19. The molecule has 1 aromatic carbocycles. The predicted octanol–water partition coefficient (Wildman–Crippen LogP) is 3.75. The first-order valence-electron chi connectivity index (χ1n) is 6.57. The summed E-state index contributed by atoms with van der Waals surface area (Å²) in [5.74, 6) is 2.33. The van der Waals surface area contributed by atoms with Gasteiger partial charge in [0.15, 0.2) is 0 Å². The molecule has 0 aromatic heterocycles. The van der Waals surface area contributed by atoms with Crippen LogP contribution >= 0.6 is 11.6 Å². The van der Waals surface area contributed by atoms with E-state index in [1.807, 2.05) is 6.07 Å². The van der Waals surface area contributed by atoms with E-state index in [2.05, 4.69) is 31.3 Å². The molecule has 0 radical (unpaired) electrons. The van der Waals surface area contributed by atoms with Crippen LogP contribution in [0.25, 0.3) is 0 Å². The standard InChI is InChI=1S/C15H24ClNO/c1-12-6-7-15(18-3)14(9-12)11-17-8-4-5-13(2)10-16/h6-7,9,13,17H,4-5,8,10-11H2,1-3H3. The van der Waals surface area contributed by atoms with Crippen molar-refractivity contribution in [2.45, 2.75) is 33.2 Å². The van der Waals surface area contributed by atoms with Gasteiger partial charge >= 0.3 is 0 Å².